The number of amides is 1. The van der Waals surface area contributed by atoms with E-state index in [0.717, 1.165) is 17.4 Å². The Balaban J connectivity index is 1.61. The number of hydrogen-bond acceptors (Lipinski definition) is 5. The number of carbonyl (C=O) groups excluding carboxylic acids is 2. The predicted molar refractivity (Wildman–Crippen MR) is 107 cm³/mol. The molecule has 0 saturated heterocycles. The van der Waals surface area contributed by atoms with Crippen LogP contribution >= 0.6 is 0 Å². The first kappa shape index (κ1) is 21.3. The van der Waals surface area contributed by atoms with E-state index in [-0.39, 0.29) is 17.9 Å². The summed E-state index contributed by atoms with van der Waals surface area (Å²) in [5, 5.41) is 3.23. The number of nitrogens with one attached hydrogen (secondary N) is 1. The van der Waals surface area contributed by atoms with Crippen LogP contribution in [0.15, 0.2) is 53.1 Å². The molecule has 1 aromatic heterocycles. The van der Waals surface area contributed by atoms with Gasteiger partial charge >= 0.3 is 12.6 Å². The van der Waals surface area contributed by atoms with Gasteiger partial charge in [0.2, 0.25) is 0 Å². The first-order chi connectivity index (χ1) is 14.4. The highest BCUT2D eigenvalue weighted by molar-refractivity contribution is 5.96. The van der Waals surface area contributed by atoms with Gasteiger partial charge in [0.15, 0.2) is 6.10 Å². The average Bonchev–Trinajstić information content (AvgIpc) is 3.10. The molecule has 1 N–H and O–H groups in total. The van der Waals surface area contributed by atoms with E-state index in [4.69, 9.17) is 9.15 Å². The van der Waals surface area contributed by atoms with Crippen molar-refractivity contribution in [3.05, 3.63) is 59.9 Å². The highest BCUT2D eigenvalue weighted by Gasteiger charge is 2.21. The molecule has 0 radical (unpaired) electrons. The van der Waals surface area contributed by atoms with Crippen LogP contribution in [0.2, 0.25) is 0 Å². The smallest absolute Gasteiger partial charge is 0.387 e. The highest BCUT2D eigenvalue weighted by Crippen LogP contribution is 2.26. The number of carbonyl (C=O) groups is 2. The largest absolute Gasteiger partial charge is 0.464 e. The summed E-state index contributed by atoms with van der Waals surface area (Å²) in [7, 11) is 0. The number of benzene rings is 2. The van der Waals surface area contributed by atoms with E-state index in [1.807, 2.05) is 25.1 Å². The van der Waals surface area contributed by atoms with Crippen LogP contribution in [-0.4, -0.2) is 24.6 Å². The van der Waals surface area contributed by atoms with Crippen LogP contribution in [0.1, 0.15) is 25.0 Å². The predicted octanol–water partition coefficient (Wildman–Crippen LogP) is 4.71. The Morgan fingerprint density at radius 1 is 1.17 bits per heavy atom. The van der Waals surface area contributed by atoms with Gasteiger partial charge in [0.25, 0.3) is 5.91 Å². The first-order valence-corrected chi connectivity index (χ1v) is 9.40. The number of alkyl halides is 2. The summed E-state index contributed by atoms with van der Waals surface area (Å²) in [6, 6.07) is 11.5. The number of ether oxygens (including phenoxy) is 2. The van der Waals surface area contributed by atoms with Gasteiger partial charge in [-0.15, -0.1) is 0 Å². The summed E-state index contributed by atoms with van der Waals surface area (Å²) in [6.07, 6.45) is 1.16. The second-order valence-electron chi connectivity index (χ2n) is 6.62. The van der Waals surface area contributed by atoms with Gasteiger partial charge in [-0.3, -0.25) is 9.59 Å². The van der Waals surface area contributed by atoms with Crippen molar-refractivity contribution in [2.75, 3.05) is 5.32 Å². The summed E-state index contributed by atoms with van der Waals surface area (Å²) >= 11 is 0. The number of anilines is 1. The minimum Gasteiger partial charge on any atom is -0.464 e. The van der Waals surface area contributed by atoms with Crippen LogP contribution < -0.4 is 10.1 Å². The first-order valence-electron chi connectivity index (χ1n) is 9.40. The third kappa shape index (κ3) is 5.14. The third-order valence-electron chi connectivity index (χ3n) is 4.50. The summed E-state index contributed by atoms with van der Waals surface area (Å²) in [5.74, 6) is -1.47. The van der Waals surface area contributed by atoms with Gasteiger partial charge < -0.3 is 19.2 Å². The van der Waals surface area contributed by atoms with E-state index >= 15 is 0 Å². The molecule has 30 heavy (non-hydrogen) atoms. The topological polar surface area (TPSA) is 77.8 Å². The molecule has 0 spiro atoms. The molecule has 2 aromatic carbocycles. The summed E-state index contributed by atoms with van der Waals surface area (Å²) in [5.41, 5.74) is 2.50. The molecule has 0 saturated carbocycles. The van der Waals surface area contributed by atoms with E-state index in [0.29, 0.717) is 11.1 Å². The maximum absolute atomic E-state index is 12.5. The van der Waals surface area contributed by atoms with Gasteiger partial charge in [-0.25, -0.2) is 0 Å². The molecule has 1 atom stereocenters. The zero-order valence-electron chi connectivity index (χ0n) is 16.5. The zero-order chi connectivity index (χ0) is 21.7. The van der Waals surface area contributed by atoms with Crippen LogP contribution in [0.4, 0.5) is 14.5 Å². The molecule has 0 aliphatic rings. The molecular formula is C22H21F2NO5. The van der Waals surface area contributed by atoms with Gasteiger partial charge in [0, 0.05) is 10.9 Å². The Morgan fingerprint density at radius 2 is 1.93 bits per heavy atom. The van der Waals surface area contributed by atoms with Crippen molar-refractivity contribution in [2.45, 2.75) is 39.4 Å². The summed E-state index contributed by atoms with van der Waals surface area (Å²) in [4.78, 5) is 24.6. The fourth-order valence-electron chi connectivity index (χ4n) is 2.94. The van der Waals surface area contributed by atoms with Crippen molar-refractivity contribution < 1.29 is 32.3 Å². The molecule has 0 bridgehead atoms. The third-order valence-corrected chi connectivity index (χ3v) is 4.50. The molecule has 1 heterocycles. The Hall–Kier alpha value is -3.42. The van der Waals surface area contributed by atoms with E-state index in [9.17, 15) is 18.4 Å². The van der Waals surface area contributed by atoms with Crippen molar-refractivity contribution in [3.63, 3.8) is 0 Å². The Morgan fingerprint density at radius 3 is 2.67 bits per heavy atom. The lowest BCUT2D eigenvalue weighted by Gasteiger charge is -2.15. The van der Waals surface area contributed by atoms with Crippen molar-refractivity contribution in [3.8, 4) is 5.75 Å². The number of rotatable bonds is 8. The normalized spacial score (nSPS) is 12.0. The van der Waals surface area contributed by atoms with E-state index in [1.54, 1.807) is 6.07 Å². The van der Waals surface area contributed by atoms with Crippen LogP contribution in [0, 0.1) is 0 Å². The SMILES string of the molecule is CCc1ccc2c(CC(=O)O[C@@H](C)C(=O)Nc3ccccc3OC(F)F)coc2c1. The van der Waals surface area contributed by atoms with Crippen LogP contribution in [0.5, 0.6) is 5.75 Å². The lowest BCUT2D eigenvalue weighted by Crippen LogP contribution is -2.30. The van der Waals surface area contributed by atoms with Crippen molar-refractivity contribution in [1.82, 2.24) is 0 Å². The Labute approximate surface area is 171 Å². The van der Waals surface area contributed by atoms with Gasteiger partial charge in [-0.1, -0.05) is 31.2 Å². The number of halogens is 2. The van der Waals surface area contributed by atoms with Gasteiger partial charge in [0.1, 0.15) is 11.3 Å². The average molecular weight is 417 g/mol. The molecule has 0 fully saturated rings. The maximum Gasteiger partial charge on any atom is 0.387 e. The van der Waals surface area contributed by atoms with Crippen molar-refractivity contribution in [1.29, 1.82) is 0 Å². The number of para-hydroxylation sites is 2. The molecule has 6 nitrogen and oxygen atoms in total. The molecule has 1 amide bonds. The van der Waals surface area contributed by atoms with Gasteiger partial charge in [-0.05, 0) is 37.1 Å². The number of aryl methyl sites for hydroxylation is 1. The second-order valence-corrected chi connectivity index (χ2v) is 6.62. The molecule has 0 aliphatic carbocycles. The van der Waals surface area contributed by atoms with Crippen LogP contribution in [-0.2, 0) is 27.2 Å². The lowest BCUT2D eigenvalue weighted by molar-refractivity contribution is -0.152. The highest BCUT2D eigenvalue weighted by atomic mass is 19.3. The fraction of sp³-hybridized carbons (Fsp3) is 0.273. The second kappa shape index (κ2) is 9.39. The van der Waals surface area contributed by atoms with E-state index in [1.165, 1.54) is 31.4 Å². The lowest BCUT2D eigenvalue weighted by atomic mass is 10.1. The van der Waals surface area contributed by atoms with E-state index in [2.05, 4.69) is 10.1 Å². The van der Waals surface area contributed by atoms with E-state index < -0.39 is 24.6 Å². The molecule has 3 aromatic rings. The van der Waals surface area contributed by atoms with Crippen molar-refractivity contribution in [2.24, 2.45) is 0 Å². The molecule has 3 rings (SSSR count). The van der Waals surface area contributed by atoms with Gasteiger partial charge in [0.05, 0.1) is 18.4 Å². The zero-order valence-corrected chi connectivity index (χ0v) is 16.5. The standard InChI is InChI=1S/C22H21F2NO5/c1-3-14-8-9-16-15(12-28-19(16)10-14)11-20(26)29-13(2)21(27)25-17-6-4-5-7-18(17)30-22(23)24/h4-10,12-13,22H,3,11H2,1-2H3,(H,25,27)/t13-/m0/s1. The molecular weight excluding hydrogens is 396 g/mol. The monoisotopic (exact) mass is 417 g/mol. The number of hydrogen-bond donors (Lipinski definition) is 1. The molecule has 0 unspecified atom stereocenters. The number of furan rings is 1. The molecule has 8 heteroatoms. The van der Waals surface area contributed by atoms with Gasteiger partial charge in [-0.2, -0.15) is 8.78 Å². The van der Waals surface area contributed by atoms with Crippen LogP contribution in [0.25, 0.3) is 11.0 Å². The molecule has 158 valence electrons. The van der Waals surface area contributed by atoms with Crippen molar-refractivity contribution >= 4 is 28.5 Å². The minimum absolute atomic E-state index is 0.0539. The summed E-state index contributed by atoms with van der Waals surface area (Å²) in [6.45, 7) is 0.397. The molecule has 0 aliphatic heterocycles. The maximum atomic E-state index is 12.5. The quantitative estimate of drug-likeness (QED) is 0.537. The minimum atomic E-state index is -3.03. The number of esters is 1. The fourth-order valence-corrected chi connectivity index (χ4v) is 2.94. The number of fused-ring (bicyclic) bond motifs is 1. The van der Waals surface area contributed by atoms with Crippen LogP contribution in [0.3, 0.4) is 0 Å². The Kier molecular flexibility index (Phi) is 6.66. The Bertz CT molecular complexity index is 1050. The summed E-state index contributed by atoms with van der Waals surface area (Å²) < 4.78 is 40.0.